The molecule has 0 aromatic rings. The summed E-state index contributed by atoms with van der Waals surface area (Å²) in [6.07, 6.45) is 5.79. The Morgan fingerprint density at radius 2 is 2.15 bits per heavy atom. The molecule has 0 bridgehead atoms. The van der Waals surface area contributed by atoms with Crippen LogP contribution in [0.3, 0.4) is 0 Å². The van der Waals surface area contributed by atoms with Gasteiger partial charge in [-0.15, -0.1) is 0 Å². The highest BCUT2D eigenvalue weighted by Crippen LogP contribution is 2.24. The summed E-state index contributed by atoms with van der Waals surface area (Å²) in [6.45, 7) is 10.9. The average Bonchev–Trinajstić information content (AvgIpc) is 2.44. The van der Waals surface area contributed by atoms with Crippen LogP contribution in [-0.2, 0) is 4.74 Å². The van der Waals surface area contributed by atoms with E-state index < -0.39 is 0 Å². The lowest BCUT2D eigenvalue weighted by atomic mass is 9.93. The average molecular weight is 286 g/mol. The Morgan fingerprint density at radius 1 is 1.40 bits per heavy atom. The van der Waals surface area contributed by atoms with Gasteiger partial charge >= 0.3 is 0 Å². The van der Waals surface area contributed by atoms with Crippen molar-refractivity contribution in [2.24, 2.45) is 0 Å². The number of piperidine rings is 1. The van der Waals surface area contributed by atoms with Crippen LogP contribution in [0, 0.1) is 0 Å². The second-order valence-corrected chi connectivity index (χ2v) is 6.74. The molecule has 0 spiro atoms. The maximum Gasteiger partial charge on any atom is 0.0777 e. The number of aliphatic hydroxyl groups is 1. The van der Waals surface area contributed by atoms with E-state index in [0.29, 0.717) is 0 Å². The summed E-state index contributed by atoms with van der Waals surface area (Å²) < 4.78 is 5.63. The van der Waals surface area contributed by atoms with Crippen molar-refractivity contribution in [3.05, 3.63) is 0 Å². The van der Waals surface area contributed by atoms with Crippen molar-refractivity contribution in [1.29, 1.82) is 0 Å². The molecule has 1 heterocycles. The third kappa shape index (κ3) is 5.68. The van der Waals surface area contributed by atoms with E-state index in [0.717, 1.165) is 32.5 Å². The van der Waals surface area contributed by atoms with Crippen molar-refractivity contribution in [2.75, 3.05) is 39.9 Å². The van der Waals surface area contributed by atoms with Crippen LogP contribution in [0.25, 0.3) is 0 Å². The summed E-state index contributed by atoms with van der Waals surface area (Å²) in [4.78, 5) is 2.52. The molecule has 1 rings (SSSR count). The summed E-state index contributed by atoms with van der Waals surface area (Å²) in [5, 5.41) is 12.9. The molecule has 1 aliphatic rings. The number of hydrogen-bond acceptors (Lipinski definition) is 4. The van der Waals surface area contributed by atoms with E-state index in [2.05, 4.69) is 31.0 Å². The molecule has 20 heavy (non-hydrogen) atoms. The van der Waals surface area contributed by atoms with E-state index in [1.165, 1.54) is 25.8 Å². The number of likely N-dealkylation sites (N-methyl/N-ethyl adjacent to an activating group) is 1. The van der Waals surface area contributed by atoms with Gasteiger partial charge in [-0.3, -0.25) is 0 Å². The molecule has 4 nitrogen and oxygen atoms in total. The number of unbranched alkanes of at least 4 members (excludes halogenated alkanes) is 1. The molecule has 2 unspecified atom stereocenters. The van der Waals surface area contributed by atoms with Gasteiger partial charge in [0.25, 0.3) is 0 Å². The number of aliphatic hydroxyl groups excluding tert-OH is 1. The van der Waals surface area contributed by atoms with E-state index >= 15 is 0 Å². The van der Waals surface area contributed by atoms with Crippen LogP contribution in [0.4, 0.5) is 0 Å². The first kappa shape index (κ1) is 17.9. The van der Waals surface area contributed by atoms with Crippen molar-refractivity contribution in [1.82, 2.24) is 10.2 Å². The van der Waals surface area contributed by atoms with Crippen LogP contribution < -0.4 is 5.32 Å². The molecule has 2 atom stereocenters. The zero-order valence-electron chi connectivity index (χ0n) is 13.9. The Balaban J connectivity index is 2.24. The van der Waals surface area contributed by atoms with E-state index in [-0.39, 0.29) is 17.7 Å². The summed E-state index contributed by atoms with van der Waals surface area (Å²) in [5.74, 6) is 0. The first-order valence-corrected chi connectivity index (χ1v) is 8.10. The van der Waals surface area contributed by atoms with Crippen LogP contribution in [0.2, 0.25) is 0 Å². The number of nitrogens with one attached hydrogen (secondary N) is 1. The van der Waals surface area contributed by atoms with Crippen LogP contribution in [0.1, 0.15) is 52.9 Å². The Labute approximate surface area is 124 Å². The normalized spacial score (nSPS) is 27.4. The van der Waals surface area contributed by atoms with Crippen molar-refractivity contribution in [2.45, 2.75) is 64.0 Å². The van der Waals surface area contributed by atoms with Crippen LogP contribution in [-0.4, -0.2) is 61.0 Å². The molecule has 0 radical (unpaired) electrons. The molecule has 1 fully saturated rings. The van der Waals surface area contributed by atoms with Crippen molar-refractivity contribution in [3.63, 3.8) is 0 Å². The molecular formula is C16H34N2O2. The number of methoxy groups -OCH3 is 1. The van der Waals surface area contributed by atoms with Gasteiger partial charge in [-0.05, 0) is 59.2 Å². The lowest BCUT2D eigenvalue weighted by Gasteiger charge is -2.39. The van der Waals surface area contributed by atoms with Crippen LogP contribution >= 0.6 is 0 Å². The minimum Gasteiger partial charge on any atom is -0.394 e. The monoisotopic (exact) mass is 286 g/mol. The highest BCUT2D eigenvalue weighted by Gasteiger charge is 2.30. The van der Waals surface area contributed by atoms with E-state index in [4.69, 9.17) is 4.74 Å². The number of rotatable bonds is 9. The molecule has 1 saturated heterocycles. The Morgan fingerprint density at radius 3 is 2.75 bits per heavy atom. The van der Waals surface area contributed by atoms with Crippen LogP contribution in [0.5, 0.6) is 0 Å². The molecule has 0 aliphatic carbocycles. The molecule has 0 aromatic heterocycles. The molecule has 0 aromatic carbocycles. The fraction of sp³-hybridized carbons (Fsp3) is 1.00. The van der Waals surface area contributed by atoms with Crippen LogP contribution in [0.15, 0.2) is 0 Å². The molecule has 120 valence electrons. The number of hydrogen-bond donors (Lipinski definition) is 2. The molecule has 1 aliphatic heterocycles. The van der Waals surface area contributed by atoms with Gasteiger partial charge < -0.3 is 20.1 Å². The molecular weight excluding hydrogens is 252 g/mol. The molecule has 2 N–H and O–H groups in total. The second-order valence-electron chi connectivity index (χ2n) is 6.74. The maximum atomic E-state index is 9.48. The quantitative estimate of drug-likeness (QED) is 0.637. The topological polar surface area (TPSA) is 44.7 Å². The lowest BCUT2D eigenvalue weighted by molar-refractivity contribution is -0.0509. The van der Waals surface area contributed by atoms with Crippen molar-refractivity contribution >= 4 is 0 Å². The third-order valence-corrected chi connectivity index (χ3v) is 4.64. The van der Waals surface area contributed by atoms with Crippen molar-refractivity contribution in [3.8, 4) is 0 Å². The fourth-order valence-corrected chi connectivity index (χ4v) is 3.17. The maximum absolute atomic E-state index is 9.48. The van der Waals surface area contributed by atoms with Gasteiger partial charge in [-0.25, -0.2) is 0 Å². The highest BCUT2D eigenvalue weighted by atomic mass is 16.5. The van der Waals surface area contributed by atoms with E-state index in [9.17, 15) is 5.11 Å². The Bertz CT molecular complexity index is 275. The summed E-state index contributed by atoms with van der Waals surface area (Å²) in [7, 11) is 1.83. The van der Waals surface area contributed by atoms with Gasteiger partial charge in [0.1, 0.15) is 0 Å². The van der Waals surface area contributed by atoms with Gasteiger partial charge in [0, 0.05) is 19.2 Å². The predicted octanol–water partition coefficient (Wildman–Crippen LogP) is 2.02. The zero-order valence-corrected chi connectivity index (χ0v) is 13.9. The smallest absolute Gasteiger partial charge is 0.0777 e. The van der Waals surface area contributed by atoms with Gasteiger partial charge in [-0.1, -0.05) is 13.3 Å². The summed E-state index contributed by atoms with van der Waals surface area (Å²) >= 11 is 0. The fourth-order valence-electron chi connectivity index (χ4n) is 3.17. The van der Waals surface area contributed by atoms with Gasteiger partial charge in [-0.2, -0.15) is 0 Å². The SMILES string of the molecule is CCNC(C)(CO)CCCCN1CCCC(C)(OC)C1. The molecule has 0 saturated carbocycles. The lowest BCUT2D eigenvalue weighted by Crippen LogP contribution is -2.48. The van der Waals surface area contributed by atoms with Gasteiger partial charge in [0.05, 0.1) is 12.2 Å². The Kier molecular flexibility index (Phi) is 7.45. The zero-order chi connectivity index (χ0) is 15.1. The minimum atomic E-state index is -0.113. The summed E-state index contributed by atoms with van der Waals surface area (Å²) in [5.41, 5.74) is -0.0701. The predicted molar refractivity (Wildman–Crippen MR) is 84.1 cm³/mol. The number of nitrogens with zero attached hydrogens (tertiary/aromatic N) is 1. The van der Waals surface area contributed by atoms with Crippen molar-refractivity contribution < 1.29 is 9.84 Å². The number of ether oxygens (including phenoxy) is 1. The largest absolute Gasteiger partial charge is 0.394 e. The highest BCUT2D eigenvalue weighted by molar-refractivity contribution is 4.85. The van der Waals surface area contributed by atoms with E-state index in [1.807, 2.05) is 7.11 Å². The third-order valence-electron chi connectivity index (χ3n) is 4.64. The minimum absolute atomic E-state index is 0.0433. The first-order chi connectivity index (χ1) is 9.47. The standard InChI is InChI=1S/C16H34N2O2/c1-5-17-15(2,14-19)9-6-7-11-18-12-8-10-16(3,13-18)20-4/h17,19H,5-14H2,1-4H3. The van der Waals surface area contributed by atoms with Gasteiger partial charge in [0.2, 0.25) is 0 Å². The van der Waals surface area contributed by atoms with Gasteiger partial charge in [0.15, 0.2) is 0 Å². The first-order valence-electron chi connectivity index (χ1n) is 8.10. The number of likely N-dealkylation sites (tertiary alicyclic amines) is 1. The Hall–Kier alpha value is -0.160. The second kappa shape index (κ2) is 8.32. The van der Waals surface area contributed by atoms with E-state index in [1.54, 1.807) is 0 Å². The molecule has 4 heteroatoms. The molecule has 0 amide bonds. The summed E-state index contributed by atoms with van der Waals surface area (Å²) in [6, 6.07) is 0.